The van der Waals surface area contributed by atoms with Crippen LogP contribution in [0.1, 0.15) is 44.9 Å². The standard InChI is InChI=1S/C13H22ClNO2S2/c1-4-5-6-8-15(11(2)3)19(16,17)13-7-9-18-12(13)10-14/h7,9,11H,4-6,8,10H2,1-3H3. The van der Waals surface area contributed by atoms with Crippen LogP contribution in [0.4, 0.5) is 0 Å². The number of unbranched alkanes of at least 4 members (excludes halogenated alkanes) is 2. The van der Waals surface area contributed by atoms with Gasteiger partial charge >= 0.3 is 0 Å². The molecule has 1 heterocycles. The molecule has 1 rings (SSSR count). The Labute approximate surface area is 125 Å². The lowest BCUT2D eigenvalue weighted by Gasteiger charge is -2.26. The van der Waals surface area contributed by atoms with E-state index in [0.29, 0.717) is 11.4 Å². The molecule has 19 heavy (non-hydrogen) atoms. The van der Waals surface area contributed by atoms with E-state index in [0.717, 1.165) is 24.1 Å². The first kappa shape index (κ1) is 17.0. The number of sulfonamides is 1. The molecule has 0 saturated carbocycles. The van der Waals surface area contributed by atoms with Crippen LogP contribution >= 0.6 is 22.9 Å². The third-order valence-corrected chi connectivity index (χ3v) is 6.61. The summed E-state index contributed by atoms with van der Waals surface area (Å²) in [5.74, 6) is 0.243. The SMILES string of the molecule is CCCCCN(C(C)C)S(=O)(=O)c1ccsc1CCl. The first-order chi connectivity index (χ1) is 8.95. The molecule has 0 aromatic carbocycles. The molecule has 0 radical (unpaired) electrons. The van der Waals surface area contributed by atoms with Gasteiger partial charge in [-0.05, 0) is 31.7 Å². The fourth-order valence-electron chi connectivity index (χ4n) is 1.96. The van der Waals surface area contributed by atoms with Crippen LogP contribution in [0.2, 0.25) is 0 Å². The van der Waals surface area contributed by atoms with Crippen LogP contribution in [0.5, 0.6) is 0 Å². The van der Waals surface area contributed by atoms with E-state index in [1.165, 1.54) is 11.3 Å². The number of halogens is 1. The van der Waals surface area contributed by atoms with Gasteiger partial charge in [0.15, 0.2) is 0 Å². The molecule has 0 aliphatic heterocycles. The average Bonchev–Trinajstić information content (AvgIpc) is 2.82. The van der Waals surface area contributed by atoms with E-state index < -0.39 is 10.0 Å². The van der Waals surface area contributed by atoms with Gasteiger partial charge in [-0.3, -0.25) is 0 Å². The van der Waals surface area contributed by atoms with Crippen LogP contribution in [-0.2, 0) is 15.9 Å². The van der Waals surface area contributed by atoms with Crippen LogP contribution in [0, 0.1) is 0 Å². The molecular weight excluding hydrogens is 302 g/mol. The predicted octanol–water partition coefficient (Wildman–Crippen LogP) is 4.08. The van der Waals surface area contributed by atoms with Crippen molar-refractivity contribution in [2.45, 2.75) is 56.9 Å². The monoisotopic (exact) mass is 323 g/mol. The van der Waals surface area contributed by atoms with Crippen LogP contribution < -0.4 is 0 Å². The molecular formula is C13H22ClNO2S2. The fourth-order valence-corrected chi connectivity index (χ4v) is 5.31. The highest BCUT2D eigenvalue weighted by Crippen LogP contribution is 2.28. The van der Waals surface area contributed by atoms with Gasteiger partial charge < -0.3 is 0 Å². The van der Waals surface area contributed by atoms with E-state index in [1.54, 1.807) is 15.8 Å². The Hall–Kier alpha value is -0.100. The summed E-state index contributed by atoms with van der Waals surface area (Å²) in [6.07, 6.45) is 3.02. The van der Waals surface area contributed by atoms with E-state index in [9.17, 15) is 8.42 Å². The Morgan fingerprint density at radius 3 is 2.58 bits per heavy atom. The fraction of sp³-hybridized carbons (Fsp3) is 0.692. The van der Waals surface area contributed by atoms with Gasteiger partial charge in [-0.15, -0.1) is 22.9 Å². The molecule has 3 nitrogen and oxygen atoms in total. The molecule has 0 aliphatic carbocycles. The molecule has 0 atom stereocenters. The lowest BCUT2D eigenvalue weighted by molar-refractivity contribution is 0.345. The highest BCUT2D eigenvalue weighted by atomic mass is 35.5. The number of hydrogen-bond donors (Lipinski definition) is 0. The van der Waals surface area contributed by atoms with Gasteiger partial charge in [-0.25, -0.2) is 8.42 Å². The smallest absolute Gasteiger partial charge is 0.207 e. The minimum Gasteiger partial charge on any atom is -0.207 e. The molecule has 0 aliphatic rings. The quantitative estimate of drug-likeness (QED) is 0.534. The molecule has 6 heteroatoms. The lowest BCUT2D eigenvalue weighted by Crippen LogP contribution is -2.37. The molecule has 110 valence electrons. The molecule has 0 N–H and O–H groups in total. The second-order valence-corrected chi connectivity index (χ2v) is 7.89. The van der Waals surface area contributed by atoms with Gasteiger partial charge in [0.2, 0.25) is 10.0 Å². The number of hydrogen-bond acceptors (Lipinski definition) is 3. The minimum atomic E-state index is -3.42. The van der Waals surface area contributed by atoms with Gasteiger partial charge in [0.25, 0.3) is 0 Å². The number of alkyl halides is 1. The molecule has 0 fully saturated rings. The van der Waals surface area contributed by atoms with E-state index >= 15 is 0 Å². The second-order valence-electron chi connectivity index (χ2n) is 4.76. The lowest BCUT2D eigenvalue weighted by atomic mass is 10.2. The van der Waals surface area contributed by atoms with Crippen molar-refractivity contribution in [1.29, 1.82) is 0 Å². The summed E-state index contributed by atoms with van der Waals surface area (Å²) in [7, 11) is -3.42. The van der Waals surface area contributed by atoms with Gasteiger partial charge in [-0.2, -0.15) is 4.31 Å². The Balaban J connectivity index is 3.00. The molecule has 0 unspecified atom stereocenters. The molecule has 0 amide bonds. The van der Waals surface area contributed by atoms with Crippen molar-refractivity contribution in [3.63, 3.8) is 0 Å². The zero-order valence-corrected chi connectivity index (χ0v) is 14.1. The zero-order chi connectivity index (χ0) is 14.5. The van der Waals surface area contributed by atoms with Crippen molar-refractivity contribution < 1.29 is 8.42 Å². The van der Waals surface area contributed by atoms with E-state index in [-0.39, 0.29) is 11.9 Å². The van der Waals surface area contributed by atoms with E-state index in [4.69, 9.17) is 11.6 Å². The second kappa shape index (κ2) is 7.62. The van der Waals surface area contributed by atoms with Crippen molar-refractivity contribution in [2.75, 3.05) is 6.54 Å². The van der Waals surface area contributed by atoms with Crippen LogP contribution in [0.15, 0.2) is 16.3 Å². The first-order valence-electron chi connectivity index (χ1n) is 6.59. The summed E-state index contributed by atoms with van der Waals surface area (Å²) < 4.78 is 26.9. The Morgan fingerprint density at radius 2 is 2.05 bits per heavy atom. The van der Waals surface area contributed by atoms with Crippen LogP contribution in [-0.4, -0.2) is 25.3 Å². The predicted molar refractivity (Wildman–Crippen MR) is 82.4 cm³/mol. The maximum atomic E-state index is 12.7. The number of rotatable bonds is 8. The first-order valence-corrected chi connectivity index (χ1v) is 9.44. The maximum Gasteiger partial charge on any atom is 0.244 e. The topological polar surface area (TPSA) is 37.4 Å². The van der Waals surface area contributed by atoms with Crippen molar-refractivity contribution in [3.8, 4) is 0 Å². The molecule has 1 aromatic heterocycles. The number of nitrogens with zero attached hydrogens (tertiary/aromatic N) is 1. The number of thiophene rings is 1. The van der Waals surface area contributed by atoms with Gasteiger partial charge in [0.05, 0.1) is 10.8 Å². The third-order valence-electron chi connectivity index (χ3n) is 2.97. The molecule has 0 spiro atoms. The third kappa shape index (κ3) is 4.18. The average molecular weight is 324 g/mol. The highest BCUT2D eigenvalue weighted by molar-refractivity contribution is 7.89. The summed E-state index contributed by atoms with van der Waals surface area (Å²) in [4.78, 5) is 1.10. The maximum absolute atomic E-state index is 12.7. The Kier molecular flexibility index (Phi) is 6.80. The van der Waals surface area contributed by atoms with Crippen molar-refractivity contribution in [3.05, 3.63) is 16.3 Å². The van der Waals surface area contributed by atoms with E-state index in [1.807, 2.05) is 13.8 Å². The van der Waals surface area contributed by atoms with Crippen molar-refractivity contribution >= 4 is 33.0 Å². The van der Waals surface area contributed by atoms with Crippen LogP contribution in [0.25, 0.3) is 0 Å². The summed E-state index contributed by atoms with van der Waals surface area (Å²) in [6.45, 7) is 6.51. The van der Waals surface area contributed by atoms with Crippen LogP contribution in [0.3, 0.4) is 0 Å². The summed E-state index contributed by atoms with van der Waals surface area (Å²) in [5.41, 5.74) is 0. The Morgan fingerprint density at radius 1 is 1.37 bits per heavy atom. The molecule has 0 bridgehead atoms. The Bertz CT molecular complexity index is 483. The van der Waals surface area contributed by atoms with Crippen molar-refractivity contribution in [2.24, 2.45) is 0 Å². The molecule has 0 saturated heterocycles. The van der Waals surface area contributed by atoms with Gasteiger partial charge in [-0.1, -0.05) is 19.8 Å². The van der Waals surface area contributed by atoms with E-state index in [2.05, 4.69) is 6.92 Å². The van der Waals surface area contributed by atoms with Crippen molar-refractivity contribution in [1.82, 2.24) is 4.31 Å². The highest BCUT2D eigenvalue weighted by Gasteiger charge is 2.29. The van der Waals surface area contributed by atoms with Gasteiger partial charge in [0, 0.05) is 17.5 Å². The minimum absolute atomic E-state index is 0.0371. The summed E-state index contributed by atoms with van der Waals surface area (Å²) in [5, 5.41) is 1.79. The normalized spacial score (nSPS) is 12.5. The largest absolute Gasteiger partial charge is 0.244 e. The summed E-state index contributed by atoms with van der Waals surface area (Å²) in [6, 6.07) is 1.62. The van der Waals surface area contributed by atoms with Gasteiger partial charge in [0.1, 0.15) is 0 Å². The summed E-state index contributed by atoms with van der Waals surface area (Å²) >= 11 is 7.21. The molecule has 1 aromatic rings. The zero-order valence-electron chi connectivity index (χ0n) is 11.7.